The van der Waals surface area contributed by atoms with E-state index in [1.165, 1.54) is 12.4 Å². The van der Waals surface area contributed by atoms with Crippen LogP contribution < -0.4 is 16.1 Å². The van der Waals surface area contributed by atoms with Crippen molar-refractivity contribution >= 4 is 17.9 Å². The molecule has 3 N–H and O–H groups in total. The summed E-state index contributed by atoms with van der Waals surface area (Å²) in [5.41, 5.74) is 0.744. The first-order valence-electron chi connectivity index (χ1n) is 6.86. The number of aromatic amines is 1. The molecule has 0 saturated heterocycles. The average Bonchev–Trinajstić information content (AvgIpc) is 2.58. The van der Waals surface area contributed by atoms with Crippen molar-refractivity contribution in [1.82, 2.24) is 10.3 Å². The number of carbonyl (C=O) groups excluding carboxylic acids is 2. The van der Waals surface area contributed by atoms with Crippen molar-refractivity contribution in [3.05, 3.63) is 75.7 Å². The van der Waals surface area contributed by atoms with Crippen LogP contribution in [0.1, 0.15) is 15.9 Å². The summed E-state index contributed by atoms with van der Waals surface area (Å²) in [5, 5.41) is 5.67. The van der Waals surface area contributed by atoms with Crippen molar-refractivity contribution < 1.29 is 14.3 Å². The van der Waals surface area contributed by atoms with E-state index in [1.807, 2.05) is 30.3 Å². The van der Waals surface area contributed by atoms with Crippen molar-refractivity contribution in [3.8, 4) is 0 Å². The van der Waals surface area contributed by atoms with Crippen molar-refractivity contribution in [3.63, 3.8) is 0 Å². The molecule has 7 heteroatoms. The van der Waals surface area contributed by atoms with E-state index in [-0.39, 0.29) is 22.8 Å². The molecule has 0 atom stereocenters. The molecule has 0 aliphatic carbocycles. The summed E-state index contributed by atoms with van der Waals surface area (Å²) in [6.45, 7) is 0.472. The molecule has 23 heavy (non-hydrogen) atoms. The molecule has 1 aliphatic rings. The van der Waals surface area contributed by atoms with Crippen LogP contribution in [0.25, 0.3) is 0 Å². The summed E-state index contributed by atoms with van der Waals surface area (Å²) >= 11 is 0. The maximum absolute atomic E-state index is 12.0. The summed E-state index contributed by atoms with van der Waals surface area (Å²) in [6, 6.07) is 9.58. The molecule has 2 aromatic rings. The Kier molecular flexibility index (Phi) is 3.92. The van der Waals surface area contributed by atoms with Crippen molar-refractivity contribution in [2.45, 2.75) is 6.54 Å². The second-order valence-corrected chi connectivity index (χ2v) is 4.83. The lowest BCUT2D eigenvalue weighted by atomic mass is 10.2. The molecule has 0 fully saturated rings. The summed E-state index contributed by atoms with van der Waals surface area (Å²) in [6.07, 6.45) is 3.12. The summed E-state index contributed by atoms with van der Waals surface area (Å²) < 4.78 is 4.93. The van der Waals surface area contributed by atoms with Crippen LogP contribution in [0, 0.1) is 0 Å². The van der Waals surface area contributed by atoms with Gasteiger partial charge in [-0.25, -0.2) is 4.79 Å². The number of esters is 1. The minimum atomic E-state index is -0.573. The third-order valence-corrected chi connectivity index (χ3v) is 3.28. The fourth-order valence-corrected chi connectivity index (χ4v) is 2.07. The predicted molar refractivity (Wildman–Crippen MR) is 82.5 cm³/mol. The van der Waals surface area contributed by atoms with E-state index in [0.29, 0.717) is 12.8 Å². The Labute approximate surface area is 131 Å². The summed E-state index contributed by atoms with van der Waals surface area (Å²) in [5.74, 6) is -0.314. The number of aromatic nitrogens is 1. The molecule has 2 heterocycles. The van der Waals surface area contributed by atoms with Crippen LogP contribution in [0.4, 0.5) is 5.69 Å². The number of hydrogen-bond donors (Lipinski definition) is 3. The van der Waals surface area contributed by atoms with Gasteiger partial charge in [-0.2, -0.15) is 0 Å². The third kappa shape index (κ3) is 2.98. The number of anilines is 1. The van der Waals surface area contributed by atoms with Gasteiger partial charge in [0.1, 0.15) is 5.69 Å². The molecule has 0 spiro atoms. The van der Waals surface area contributed by atoms with E-state index >= 15 is 0 Å². The topological polar surface area (TPSA) is 100 Å². The van der Waals surface area contributed by atoms with Crippen LogP contribution in [0.15, 0.2) is 59.1 Å². The zero-order chi connectivity index (χ0) is 16.2. The first-order chi connectivity index (χ1) is 11.2. The number of hydrogen-bond acceptors (Lipinski definition) is 6. The monoisotopic (exact) mass is 311 g/mol. The van der Waals surface area contributed by atoms with Crippen LogP contribution in [0.2, 0.25) is 0 Å². The molecule has 0 radical (unpaired) electrons. The standard InChI is InChI=1S/C16H13N3O4/c20-9-11-7-17-8-12(14(11)21)19-13-15(23-16(13)22)18-6-10-4-2-1-3-5-10/h1-5,7-9,18-19H,6H2,(H,17,21). The summed E-state index contributed by atoms with van der Waals surface area (Å²) in [4.78, 5) is 37.0. The lowest BCUT2D eigenvalue weighted by Gasteiger charge is -2.23. The second-order valence-electron chi connectivity index (χ2n) is 4.83. The number of nitrogens with one attached hydrogen (secondary N) is 3. The first kappa shape index (κ1) is 14.6. The van der Waals surface area contributed by atoms with Crippen molar-refractivity contribution in [1.29, 1.82) is 0 Å². The smallest absolute Gasteiger partial charge is 0.367 e. The Balaban J connectivity index is 1.77. The fourth-order valence-electron chi connectivity index (χ4n) is 2.07. The van der Waals surface area contributed by atoms with Gasteiger partial charge in [-0.1, -0.05) is 30.3 Å². The van der Waals surface area contributed by atoms with Crippen LogP contribution in [0.3, 0.4) is 0 Å². The minimum absolute atomic E-state index is 0.0258. The van der Waals surface area contributed by atoms with Gasteiger partial charge < -0.3 is 20.4 Å². The van der Waals surface area contributed by atoms with Gasteiger partial charge in [0.25, 0.3) is 0 Å². The molecule has 0 unspecified atom stereocenters. The highest BCUT2D eigenvalue weighted by atomic mass is 16.6. The molecule has 0 bridgehead atoms. The predicted octanol–water partition coefficient (Wildman–Crippen LogP) is 1.11. The van der Waals surface area contributed by atoms with Gasteiger partial charge in [0.2, 0.25) is 11.3 Å². The van der Waals surface area contributed by atoms with Gasteiger partial charge in [0.15, 0.2) is 12.0 Å². The third-order valence-electron chi connectivity index (χ3n) is 3.28. The van der Waals surface area contributed by atoms with Crippen LogP contribution >= 0.6 is 0 Å². The van der Waals surface area contributed by atoms with Gasteiger partial charge in [0, 0.05) is 18.9 Å². The lowest BCUT2D eigenvalue weighted by molar-refractivity contribution is -0.141. The van der Waals surface area contributed by atoms with Crippen LogP contribution in [-0.2, 0) is 16.1 Å². The molecule has 116 valence electrons. The van der Waals surface area contributed by atoms with E-state index in [0.717, 1.165) is 5.56 Å². The Bertz CT molecular complexity index is 840. The normalized spacial score (nSPS) is 13.1. The van der Waals surface area contributed by atoms with Gasteiger partial charge in [-0.05, 0) is 5.56 Å². The number of aldehydes is 1. The van der Waals surface area contributed by atoms with E-state index in [4.69, 9.17) is 4.74 Å². The average molecular weight is 311 g/mol. The zero-order valence-corrected chi connectivity index (χ0v) is 12.0. The molecular weight excluding hydrogens is 298 g/mol. The van der Waals surface area contributed by atoms with Crippen LogP contribution in [-0.4, -0.2) is 17.2 Å². The SMILES string of the molecule is O=Cc1c[nH]cc(NC2=C(NCc3ccccc3)OC2=O)c1=O. The maximum atomic E-state index is 12.0. The van der Waals surface area contributed by atoms with Gasteiger partial charge in [-0.3, -0.25) is 9.59 Å². The molecule has 3 rings (SSSR count). The lowest BCUT2D eigenvalue weighted by Crippen LogP contribution is -2.36. The van der Waals surface area contributed by atoms with Crippen LogP contribution in [0.5, 0.6) is 0 Å². The van der Waals surface area contributed by atoms with E-state index in [1.54, 1.807) is 0 Å². The minimum Gasteiger partial charge on any atom is -0.402 e. The molecule has 1 aromatic carbocycles. The number of ether oxygens (including phenoxy) is 1. The highest BCUT2D eigenvalue weighted by Crippen LogP contribution is 2.20. The number of pyridine rings is 1. The molecule has 7 nitrogen and oxygen atoms in total. The number of cyclic esters (lactones) is 1. The zero-order valence-electron chi connectivity index (χ0n) is 12.0. The van der Waals surface area contributed by atoms with Crippen molar-refractivity contribution in [2.24, 2.45) is 0 Å². The van der Waals surface area contributed by atoms with Gasteiger partial charge in [0.05, 0.1) is 5.56 Å². The Hall–Kier alpha value is -3.35. The maximum Gasteiger partial charge on any atom is 0.367 e. The fraction of sp³-hybridized carbons (Fsp3) is 0.0625. The molecule has 1 aliphatic heterocycles. The first-order valence-corrected chi connectivity index (χ1v) is 6.86. The van der Waals surface area contributed by atoms with E-state index in [9.17, 15) is 14.4 Å². The molecular formula is C16H13N3O4. The Morgan fingerprint density at radius 2 is 1.91 bits per heavy atom. The van der Waals surface area contributed by atoms with Crippen molar-refractivity contribution in [2.75, 3.05) is 5.32 Å². The number of rotatable bonds is 6. The highest BCUT2D eigenvalue weighted by Gasteiger charge is 2.31. The Morgan fingerprint density at radius 3 is 2.61 bits per heavy atom. The van der Waals surface area contributed by atoms with Gasteiger partial charge >= 0.3 is 5.97 Å². The Morgan fingerprint density at radius 1 is 1.13 bits per heavy atom. The van der Waals surface area contributed by atoms with Gasteiger partial charge in [-0.15, -0.1) is 0 Å². The van der Waals surface area contributed by atoms with E-state index in [2.05, 4.69) is 15.6 Å². The largest absolute Gasteiger partial charge is 0.402 e. The summed E-state index contributed by atoms with van der Waals surface area (Å²) in [7, 11) is 0. The molecule has 1 aromatic heterocycles. The molecule has 0 amide bonds. The van der Waals surface area contributed by atoms with E-state index < -0.39 is 11.4 Å². The quantitative estimate of drug-likeness (QED) is 0.546. The number of carbonyl (C=O) groups is 2. The number of H-pyrrole nitrogens is 1. The number of benzene rings is 1. The molecule has 0 saturated carbocycles. The second kappa shape index (κ2) is 6.18. The highest BCUT2D eigenvalue weighted by molar-refractivity contribution is 5.98.